The molecule has 0 bridgehead atoms. The average Bonchev–Trinajstić information content (AvgIpc) is 2.90. The molecule has 1 saturated heterocycles. The highest BCUT2D eigenvalue weighted by molar-refractivity contribution is 5.77. The maximum Gasteiger partial charge on any atom is 0.134 e. The molecule has 0 aliphatic carbocycles. The highest BCUT2D eigenvalue weighted by atomic mass is 16.3. The van der Waals surface area contributed by atoms with Crippen molar-refractivity contribution >= 4 is 11.0 Å². The van der Waals surface area contributed by atoms with Gasteiger partial charge in [-0.05, 0) is 50.5 Å². The van der Waals surface area contributed by atoms with Crippen LogP contribution in [0.2, 0.25) is 0 Å². The Morgan fingerprint density at radius 3 is 2.62 bits per heavy atom. The van der Waals surface area contributed by atoms with Crippen LogP contribution in [0.3, 0.4) is 0 Å². The average molecular weight is 286 g/mol. The summed E-state index contributed by atoms with van der Waals surface area (Å²) in [6.45, 7) is 8.14. The van der Waals surface area contributed by atoms with E-state index in [0.29, 0.717) is 5.41 Å². The highest BCUT2D eigenvalue weighted by Crippen LogP contribution is 2.31. The SMILES string of the molecule is CNC(CN1CCC(C)(C)CC1)c1cc2ccccc2o1. The van der Waals surface area contributed by atoms with Gasteiger partial charge in [0.05, 0.1) is 6.04 Å². The van der Waals surface area contributed by atoms with Crippen LogP contribution in [0, 0.1) is 5.41 Å². The Hall–Kier alpha value is -1.32. The molecule has 1 N–H and O–H groups in total. The Balaban J connectivity index is 1.70. The maximum atomic E-state index is 6.01. The topological polar surface area (TPSA) is 28.4 Å². The molecular formula is C18H26N2O. The first-order valence-corrected chi connectivity index (χ1v) is 7.95. The second kappa shape index (κ2) is 5.82. The fraction of sp³-hybridized carbons (Fsp3) is 0.556. The zero-order valence-corrected chi connectivity index (χ0v) is 13.4. The first-order valence-electron chi connectivity index (χ1n) is 7.95. The van der Waals surface area contributed by atoms with Crippen molar-refractivity contribution in [2.75, 3.05) is 26.7 Å². The van der Waals surface area contributed by atoms with Gasteiger partial charge in [0.25, 0.3) is 0 Å². The molecule has 2 heterocycles. The van der Waals surface area contributed by atoms with Crippen molar-refractivity contribution < 1.29 is 4.42 Å². The molecule has 1 atom stereocenters. The number of hydrogen-bond donors (Lipinski definition) is 1. The standard InChI is InChI=1S/C18H26N2O/c1-18(2)8-10-20(11-9-18)13-15(19-3)17-12-14-6-4-5-7-16(14)21-17/h4-7,12,15,19H,8-11,13H2,1-3H3. The molecule has 1 aliphatic rings. The molecule has 1 unspecified atom stereocenters. The third-order valence-corrected chi connectivity index (χ3v) is 4.79. The van der Waals surface area contributed by atoms with Crippen molar-refractivity contribution in [2.45, 2.75) is 32.7 Å². The zero-order chi connectivity index (χ0) is 14.9. The van der Waals surface area contributed by atoms with Gasteiger partial charge in [-0.1, -0.05) is 32.0 Å². The van der Waals surface area contributed by atoms with Gasteiger partial charge in [0, 0.05) is 11.9 Å². The van der Waals surface area contributed by atoms with Gasteiger partial charge in [-0.15, -0.1) is 0 Å². The smallest absolute Gasteiger partial charge is 0.134 e. The number of likely N-dealkylation sites (N-methyl/N-ethyl adjacent to an activating group) is 1. The third kappa shape index (κ3) is 3.30. The number of fused-ring (bicyclic) bond motifs is 1. The summed E-state index contributed by atoms with van der Waals surface area (Å²) in [5, 5.41) is 4.60. The van der Waals surface area contributed by atoms with E-state index in [1.54, 1.807) is 0 Å². The van der Waals surface area contributed by atoms with Crippen molar-refractivity contribution in [3.8, 4) is 0 Å². The van der Waals surface area contributed by atoms with E-state index in [4.69, 9.17) is 4.42 Å². The number of hydrogen-bond acceptors (Lipinski definition) is 3. The third-order valence-electron chi connectivity index (χ3n) is 4.79. The Kier molecular flexibility index (Phi) is 4.05. The number of para-hydroxylation sites is 1. The molecule has 3 heteroatoms. The molecule has 2 aromatic rings. The number of furan rings is 1. The Morgan fingerprint density at radius 1 is 1.24 bits per heavy atom. The van der Waals surface area contributed by atoms with Crippen molar-refractivity contribution in [2.24, 2.45) is 5.41 Å². The fourth-order valence-electron chi connectivity index (χ4n) is 3.10. The molecular weight excluding hydrogens is 260 g/mol. The van der Waals surface area contributed by atoms with Crippen LogP contribution in [-0.4, -0.2) is 31.6 Å². The summed E-state index contributed by atoms with van der Waals surface area (Å²) < 4.78 is 6.01. The molecule has 1 aromatic carbocycles. The number of nitrogens with one attached hydrogen (secondary N) is 1. The largest absolute Gasteiger partial charge is 0.459 e. The van der Waals surface area contributed by atoms with Gasteiger partial charge in [-0.25, -0.2) is 0 Å². The highest BCUT2D eigenvalue weighted by Gasteiger charge is 2.27. The van der Waals surface area contributed by atoms with E-state index in [0.717, 1.165) is 17.9 Å². The normalized spacial score (nSPS) is 20.7. The molecule has 114 valence electrons. The lowest BCUT2D eigenvalue weighted by Crippen LogP contribution is -2.41. The van der Waals surface area contributed by atoms with Crippen LogP contribution >= 0.6 is 0 Å². The molecule has 0 amide bonds. The van der Waals surface area contributed by atoms with Crippen molar-refractivity contribution in [3.05, 3.63) is 36.1 Å². The van der Waals surface area contributed by atoms with E-state index in [1.165, 1.54) is 31.3 Å². The number of piperidine rings is 1. The summed E-state index contributed by atoms with van der Waals surface area (Å²) >= 11 is 0. The van der Waals surface area contributed by atoms with Crippen LogP contribution in [0.25, 0.3) is 11.0 Å². The van der Waals surface area contributed by atoms with E-state index in [1.807, 2.05) is 19.2 Å². The second-order valence-corrected chi connectivity index (χ2v) is 6.99. The van der Waals surface area contributed by atoms with Gasteiger partial charge >= 0.3 is 0 Å². The van der Waals surface area contributed by atoms with Crippen molar-refractivity contribution in [1.82, 2.24) is 10.2 Å². The molecule has 1 aromatic heterocycles. The van der Waals surface area contributed by atoms with Gasteiger partial charge < -0.3 is 14.6 Å². The summed E-state index contributed by atoms with van der Waals surface area (Å²) in [5.41, 5.74) is 1.48. The van der Waals surface area contributed by atoms with E-state index in [2.05, 4.69) is 42.3 Å². The monoisotopic (exact) mass is 286 g/mol. The van der Waals surface area contributed by atoms with Gasteiger partial charge in [0.15, 0.2) is 0 Å². The lowest BCUT2D eigenvalue weighted by Gasteiger charge is -2.38. The van der Waals surface area contributed by atoms with E-state index >= 15 is 0 Å². The van der Waals surface area contributed by atoms with E-state index < -0.39 is 0 Å². The minimum absolute atomic E-state index is 0.263. The molecule has 0 radical (unpaired) electrons. The quantitative estimate of drug-likeness (QED) is 0.926. The molecule has 0 spiro atoms. The predicted molar refractivity (Wildman–Crippen MR) is 87.5 cm³/mol. The summed E-state index contributed by atoms with van der Waals surface area (Å²) in [7, 11) is 2.02. The molecule has 1 aliphatic heterocycles. The number of benzene rings is 1. The van der Waals surface area contributed by atoms with Crippen LogP contribution in [0.15, 0.2) is 34.7 Å². The van der Waals surface area contributed by atoms with E-state index in [9.17, 15) is 0 Å². The van der Waals surface area contributed by atoms with Crippen LogP contribution in [0.4, 0.5) is 0 Å². The molecule has 21 heavy (non-hydrogen) atoms. The Bertz CT molecular complexity index is 559. The number of nitrogens with zero attached hydrogens (tertiary/aromatic N) is 1. The predicted octanol–water partition coefficient (Wildman–Crippen LogP) is 3.82. The summed E-state index contributed by atoms with van der Waals surface area (Å²) in [6, 6.07) is 10.7. The summed E-state index contributed by atoms with van der Waals surface area (Å²) in [5.74, 6) is 1.04. The Morgan fingerprint density at radius 2 is 1.95 bits per heavy atom. The summed E-state index contributed by atoms with van der Waals surface area (Å²) in [4.78, 5) is 2.56. The van der Waals surface area contributed by atoms with Gasteiger partial charge in [0.1, 0.15) is 11.3 Å². The van der Waals surface area contributed by atoms with Gasteiger partial charge in [-0.2, -0.15) is 0 Å². The van der Waals surface area contributed by atoms with Gasteiger partial charge in [-0.3, -0.25) is 0 Å². The zero-order valence-electron chi connectivity index (χ0n) is 13.4. The maximum absolute atomic E-state index is 6.01. The first-order chi connectivity index (χ1) is 10.1. The number of rotatable bonds is 4. The van der Waals surface area contributed by atoms with Crippen LogP contribution in [-0.2, 0) is 0 Å². The molecule has 3 nitrogen and oxygen atoms in total. The number of likely N-dealkylation sites (tertiary alicyclic amines) is 1. The van der Waals surface area contributed by atoms with Crippen molar-refractivity contribution in [1.29, 1.82) is 0 Å². The summed E-state index contributed by atoms with van der Waals surface area (Å²) in [6.07, 6.45) is 2.56. The minimum Gasteiger partial charge on any atom is -0.459 e. The fourth-order valence-corrected chi connectivity index (χ4v) is 3.10. The lowest BCUT2D eigenvalue weighted by molar-refractivity contribution is 0.120. The Labute approximate surface area is 127 Å². The molecule has 3 rings (SSSR count). The van der Waals surface area contributed by atoms with Crippen molar-refractivity contribution in [3.63, 3.8) is 0 Å². The lowest BCUT2D eigenvalue weighted by atomic mass is 9.82. The minimum atomic E-state index is 0.263. The second-order valence-electron chi connectivity index (χ2n) is 6.99. The molecule has 0 saturated carbocycles. The van der Waals surface area contributed by atoms with Crippen LogP contribution < -0.4 is 5.32 Å². The van der Waals surface area contributed by atoms with Crippen LogP contribution in [0.1, 0.15) is 38.5 Å². The molecule has 1 fully saturated rings. The van der Waals surface area contributed by atoms with E-state index in [-0.39, 0.29) is 6.04 Å². The van der Waals surface area contributed by atoms with Gasteiger partial charge in [0.2, 0.25) is 0 Å². The first kappa shape index (κ1) is 14.6. The van der Waals surface area contributed by atoms with Crippen LogP contribution in [0.5, 0.6) is 0 Å².